The Morgan fingerprint density at radius 1 is 1.17 bits per heavy atom. The largest absolute Gasteiger partial charge is 0.493 e. The minimum atomic E-state index is -0.609. The van der Waals surface area contributed by atoms with Crippen molar-refractivity contribution < 1.29 is 9.53 Å². The molecule has 1 aromatic carbocycles. The third kappa shape index (κ3) is 7.23. The van der Waals surface area contributed by atoms with Gasteiger partial charge < -0.3 is 15.8 Å². The topological polar surface area (TPSA) is 64.3 Å². The van der Waals surface area contributed by atoms with Gasteiger partial charge in [0.15, 0.2) is 0 Å². The number of ether oxygens (including phenoxy) is 1. The summed E-state index contributed by atoms with van der Waals surface area (Å²) in [5, 5.41) is 2.92. The molecule has 23 heavy (non-hydrogen) atoms. The molecule has 5 heteroatoms. The van der Waals surface area contributed by atoms with Crippen LogP contribution in [-0.2, 0) is 10.2 Å². The Hall–Kier alpha value is -1.26. The Morgan fingerprint density at radius 2 is 1.70 bits per heavy atom. The second kappa shape index (κ2) is 8.55. The van der Waals surface area contributed by atoms with Crippen LogP contribution in [0.3, 0.4) is 0 Å². The Balaban J connectivity index is 0.00000484. The van der Waals surface area contributed by atoms with Crippen molar-refractivity contribution in [3.8, 4) is 5.75 Å². The summed E-state index contributed by atoms with van der Waals surface area (Å²) in [6.45, 7) is 13.0. The van der Waals surface area contributed by atoms with E-state index in [1.54, 1.807) is 0 Å². The zero-order valence-electron chi connectivity index (χ0n) is 15.1. The van der Waals surface area contributed by atoms with Gasteiger partial charge in [0.1, 0.15) is 5.75 Å². The van der Waals surface area contributed by atoms with E-state index in [0.29, 0.717) is 19.1 Å². The number of benzene rings is 1. The van der Waals surface area contributed by atoms with Crippen LogP contribution in [-0.4, -0.2) is 24.6 Å². The van der Waals surface area contributed by atoms with Crippen LogP contribution in [0.15, 0.2) is 24.3 Å². The number of amides is 1. The highest BCUT2D eigenvalue weighted by Crippen LogP contribution is 2.25. The number of hydrogen-bond acceptors (Lipinski definition) is 3. The van der Waals surface area contributed by atoms with Crippen molar-refractivity contribution in [1.82, 2.24) is 5.32 Å². The molecule has 0 saturated heterocycles. The van der Waals surface area contributed by atoms with Gasteiger partial charge in [0.05, 0.1) is 12.0 Å². The smallest absolute Gasteiger partial charge is 0.230 e. The highest BCUT2D eigenvalue weighted by atomic mass is 35.5. The number of nitrogens with one attached hydrogen (secondary N) is 1. The molecule has 0 aromatic heterocycles. The van der Waals surface area contributed by atoms with E-state index >= 15 is 0 Å². The van der Waals surface area contributed by atoms with Gasteiger partial charge in [-0.1, -0.05) is 26.0 Å². The Morgan fingerprint density at radius 3 is 2.13 bits per heavy atom. The molecule has 4 nitrogen and oxygen atoms in total. The van der Waals surface area contributed by atoms with E-state index in [0.717, 1.165) is 11.3 Å². The molecule has 132 valence electrons. The van der Waals surface area contributed by atoms with Crippen molar-refractivity contribution >= 4 is 18.3 Å². The van der Waals surface area contributed by atoms with E-state index in [2.05, 4.69) is 19.2 Å². The maximum absolute atomic E-state index is 12.4. The van der Waals surface area contributed by atoms with Crippen LogP contribution in [0.2, 0.25) is 0 Å². The molecule has 0 radical (unpaired) electrons. The summed E-state index contributed by atoms with van der Waals surface area (Å²) >= 11 is 0. The second-order valence-electron chi connectivity index (χ2n) is 7.53. The van der Waals surface area contributed by atoms with Gasteiger partial charge in [-0.3, -0.25) is 4.79 Å². The number of nitrogens with two attached hydrogens (primary N) is 1. The van der Waals surface area contributed by atoms with Crippen molar-refractivity contribution in [2.24, 2.45) is 11.7 Å². The summed E-state index contributed by atoms with van der Waals surface area (Å²) in [7, 11) is 0. The molecule has 1 amide bonds. The number of carbonyl (C=O) groups is 1. The molecule has 0 aliphatic rings. The summed E-state index contributed by atoms with van der Waals surface area (Å²) in [6.07, 6.45) is 0. The van der Waals surface area contributed by atoms with Gasteiger partial charge in [-0.15, -0.1) is 12.4 Å². The minimum Gasteiger partial charge on any atom is -0.493 e. The fourth-order valence-electron chi connectivity index (χ4n) is 1.89. The van der Waals surface area contributed by atoms with Gasteiger partial charge in [0, 0.05) is 12.1 Å². The van der Waals surface area contributed by atoms with Crippen molar-refractivity contribution in [2.75, 3.05) is 13.2 Å². The zero-order valence-corrected chi connectivity index (χ0v) is 15.9. The van der Waals surface area contributed by atoms with Crippen molar-refractivity contribution in [2.45, 2.75) is 52.5 Å². The molecule has 0 aliphatic heterocycles. The lowest BCUT2D eigenvalue weighted by Crippen LogP contribution is -2.49. The molecule has 0 saturated carbocycles. The normalized spacial score (nSPS) is 11.8. The van der Waals surface area contributed by atoms with Crippen LogP contribution in [0.1, 0.15) is 47.1 Å². The predicted octanol–water partition coefficient (Wildman–Crippen LogP) is 3.27. The molecule has 1 rings (SSSR count). The molecule has 0 spiro atoms. The summed E-state index contributed by atoms with van der Waals surface area (Å²) in [6, 6.07) is 7.73. The average molecular weight is 343 g/mol. The lowest BCUT2D eigenvalue weighted by atomic mass is 9.83. The third-order valence-electron chi connectivity index (χ3n) is 3.43. The molecule has 0 fully saturated rings. The van der Waals surface area contributed by atoms with E-state index in [-0.39, 0.29) is 18.3 Å². The van der Waals surface area contributed by atoms with Crippen LogP contribution in [0.25, 0.3) is 0 Å². The van der Waals surface area contributed by atoms with Crippen LogP contribution in [0.4, 0.5) is 0 Å². The first kappa shape index (κ1) is 21.7. The van der Waals surface area contributed by atoms with Crippen LogP contribution < -0.4 is 15.8 Å². The molecule has 0 bridgehead atoms. The van der Waals surface area contributed by atoms with E-state index in [1.807, 2.05) is 52.0 Å². The van der Waals surface area contributed by atoms with Crippen LogP contribution >= 0.6 is 12.4 Å². The van der Waals surface area contributed by atoms with Crippen LogP contribution in [0, 0.1) is 5.92 Å². The predicted molar refractivity (Wildman–Crippen MR) is 98.3 cm³/mol. The Labute approximate surface area is 146 Å². The average Bonchev–Trinajstić information content (AvgIpc) is 2.42. The maximum atomic E-state index is 12.4. The number of hydrogen-bond donors (Lipinski definition) is 2. The SMILES string of the molecule is CC(C)COc1ccc(C(C)(C)C(=O)NCC(C)(C)N)cc1.Cl. The fraction of sp³-hybridized carbons (Fsp3) is 0.611. The lowest BCUT2D eigenvalue weighted by molar-refractivity contribution is -0.125. The molecule has 0 aliphatic carbocycles. The highest BCUT2D eigenvalue weighted by Gasteiger charge is 2.30. The van der Waals surface area contributed by atoms with Gasteiger partial charge >= 0.3 is 0 Å². The zero-order chi connectivity index (χ0) is 17.0. The van der Waals surface area contributed by atoms with E-state index in [9.17, 15) is 4.79 Å². The number of halogens is 1. The van der Waals surface area contributed by atoms with E-state index in [1.165, 1.54) is 0 Å². The van der Waals surface area contributed by atoms with Crippen molar-refractivity contribution in [3.63, 3.8) is 0 Å². The minimum absolute atomic E-state index is 0. The fourth-order valence-corrected chi connectivity index (χ4v) is 1.89. The van der Waals surface area contributed by atoms with E-state index < -0.39 is 11.0 Å². The van der Waals surface area contributed by atoms with Crippen LogP contribution in [0.5, 0.6) is 5.75 Å². The number of rotatable bonds is 7. The first-order valence-electron chi connectivity index (χ1n) is 7.83. The Bertz CT molecular complexity index is 491. The van der Waals surface area contributed by atoms with Crippen molar-refractivity contribution in [1.29, 1.82) is 0 Å². The summed E-state index contributed by atoms with van der Waals surface area (Å²) in [5.74, 6) is 1.29. The number of carbonyl (C=O) groups excluding carboxylic acids is 1. The van der Waals surface area contributed by atoms with Gasteiger partial charge in [-0.25, -0.2) is 0 Å². The molecule has 1 aromatic rings. The van der Waals surface area contributed by atoms with Crippen molar-refractivity contribution in [3.05, 3.63) is 29.8 Å². The first-order valence-corrected chi connectivity index (χ1v) is 7.83. The van der Waals surface area contributed by atoms with Gasteiger partial charge in [0.25, 0.3) is 0 Å². The lowest BCUT2D eigenvalue weighted by Gasteiger charge is -2.27. The van der Waals surface area contributed by atoms with Gasteiger partial charge in [0.2, 0.25) is 5.91 Å². The summed E-state index contributed by atoms with van der Waals surface area (Å²) in [5.41, 5.74) is 5.84. The second-order valence-corrected chi connectivity index (χ2v) is 7.53. The molecule has 0 atom stereocenters. The standard InChI is InChI=1S/C18H30N2O2.ClH/c1-13(2)11-22-15-9-7-14(8-10-15)18(5,6)16(21)20-12-17(3,4)19;/h7-10,13H,11-12,19H2,1-6H3,(H,20,21);1H. The molecule has 0 unspecified atom stereocenters. The molecule has 3 N–H and O–H groups in total. The molecular formula is C18H31ClN2O2. The van der Waals surface area contributed by atoms with Gasteiger partial charge in [-0.2, -0.15) is 0 Å². The monoisotopic (exact) mass is 342 g/mol. The maximum Gasteiger partial charge on any atom is 0.230 e. The molecule has 0 heterocycles. The Kier molecular flexibility index (Phi) is 8.08. The van der Waals surface area contributed by atoms with Gasteiger partial charge in [-0.05, 0) is 51.3 Å². The highest BCUT2D eigenvalue weighted by molar-refractivity contribution is 5.87. The molecular weight excluding hydrogens is 312 g/mol. The summed E-state index contributed by atoms with van der Waals surface area (Å²) in [4.78, 5) is 12.4. The van der Waals surface area contributed by atoms with E-state index in [4.69, 9.17) is 10.5 Å². The first-order chi connectivity index (χ1) is 10.0. The third-order valence-corrected chi connectivity index (χ3v) is 3.43. The summed E-state index contributed by atoms with van der Waals surface area (Å²) < 4.78 is 5.67. The quantitative estimate of drug-likeness (QED) is 0.799.